The van der Waals surface area contributed by atoms with Crippen molar-refractivity contribution in [1.29, 1.82) is 0 Å². The van der Waals surface area contributed by atoms with Crippen molar-refractivity contribution in [2.75, 3.05) is 17.2 Å². The molecular formula is C16H20N4O4S2. The number of thiazole rings is 2. The Bertz CT molecular complexity index is 785. The second kappa shape index (κ2) is 9.39. The zero-order chi connectivity index (χ0) is 19.1. The minimum atomic E-state index is -0.592. The van der Waals surface area contributed by atoms with Gasteiger partial charge in [-0.25, -0.2) is 9.97 Å². The van der Waals surface area contributed by atoms with E-state index in [1.54, 1.807) is 18.5 Å². The van der Waals surface area contributed by atoms with Gasteiger partial charge in [0.15, 0.2) is 10.3 Å². The number of amides is 2. The monoisotopic (exact) mass is 396 g/mol. The van der Waals surface area contributed by atoms with E-state index in [-0.39, 0.29) is 25.4 Å². The molecule has 0 saturated carbocycles. The van der Waals surface area contributed by atoms with Gasteiger partial charge >= 0.3 is 5.97 Å². The van der Waals surface area contributed by atoms with Crippen LogP contribution in [0.4, 0.5) is 10.3 Å². The normalized spacial score (nSPS) is 10.6. The molecule has 2 aromatic heterocycles. The lowest BCUT2D eigenvalue weighted by Crippen LogP contribution is -2.18. The molecule has 26 heavy (non-hydrogen) atoms. The number of aromatic nitrogens is 2. The Morgan fingerprint density at radius 2 is 1.92 bits per heavy atom. The molecule has 0 aliphatic rings. The van der Waals surface area contributed by atoms with Crippen molar-refractivity contribution in [3.8, 4) is 0 Å². The molecule has 10 heteroatoms. The summed E-state index contributed by atoms with van der Waals surface area (Å²) in [7, 11) is 0. The van der Waals surface area contributed by atoms with Crippen molar-refractivity contribution in [3.63, 3.8) is 0 Å². The van der Waals surface area contributed by atoms with E-state index in [2.05, 4.69) is 34.4 Å². The molecule has 8 nitrogen and oxygen atoms in total. The van der Waals surface area contributed by atoms with Crippen LogP contribution < -0.4 is 10.6 Å². The number of carbonyl (C=O) groups excluding carboxylic acids is 3. The molecule has 0 aliphatic carbocycles. The summed E-state index contributed by atoms with van der Waals surface area (Å²) in [5.41, 5.74) is 0.527. The summed E-state index contributed by atoms with van der Waals surface area (Å²) >= 11 is 2.63. The number of hydrogen-bond donors (Lipinski definition) is 2. The van der Waals surface area contributed by atoms with Crippen LogP contribution in [0.1, 0.15) is 43.7 Å². The van der Waals surface area contributed by atoms with Crippen LogP contribution in [0.15, 0.2) is 11.6 Å². The largest absolute Gasteiger partial charge is 0.466 e. The third-order valence-electron chi connectivity index (χ3n) is 3.09. The molecule has 2 amide bonds. The molecule has 0 radical (unpaired) electrons. The van der Waals surface area contributed by atoms with Crippen LogP contribution in [-0.4, -0.2) is 34.4 Å². The quantitative estimate of drug-likeness (QED) is 0.524. The maximum Gasteiger partial charge on any atom is 0.315 e. The van der Waals surface area contributed by atoms with E-state index in [9.17, 15) is 14.4 Å². The summed E-state index contributed by atoms with van der Waals surface area (Å²) < 4.78 is 4.71. The summed E-state index contributed by atoms with van der Waals surface area (Å²) in [6, 6.07) is 0. The fourth-order valence-corrected chi connectivity index (χ4v) is 3.45. The standard InChI is InChI=1S/C16H20N4O4S2/c1-4-24-14(23)6-13(22)20-16-18-10(8-25-16)5-12(21)19-15-17-7-11(26-15)9(2)3/h7-9H,4-6H2,1-3H3,(H,17,19,21)(H,18,20,22). The SMILES string of the molecule is CCOC(=O)CC(=O)Nc1nc(CC(=O)Nc2ncc(C(C)C)s2)cs1. The van der Waals surface area contributed by atoms with Gasteiger partial charge in [-0.15, -0.1) is 22.7 Å². The van der Waals surface area contributed by atoms with Crippen molar-refractivity contribution in [1.82, 2.24) is 9.97 Å². The van der Waals surface area contributed by atoms with Gasteiger partial charge in [0.2, 0.25) is 11.8 Å². The molecule has 2 heterocycles. The van der Waals surface area contributed by atoms with Crippen LogP contribution in [0, 0.1) is 0 Å². The molecule has 140 valence electrons. The van der Waals surface area contributed by atoms with Crippen LogP contribution in [0.3, 0.4) is 0 Å². The average molecular weight is 396 g/mol. The van der Waals surface area contributed by atoms with Crippen LogP contribution >= 0.6 is 22.7 Å². The number of nitrogens with zero attached hydrogens (tertiary/aromatic N) is 2. The Hall–Kier alpha value is -2.33. The maximum atomic E-state index is 12.1. The van der Waals surface area contributed by atoms with Gasteiger partial charge in [0.25, 0.3) is 0 Å². The van der Waals surface area contributed by atoms with Crippen LogP contribution in [0.2, 0.25) is 0 Å². The van der Waals surface area contributed by atoms with E-state index < -0.39 is 11.9 Å². The highest BCUT2D eigenvalue weighted by Gasteiger charge is 2.14. The van der Waals surface area contributed by atoms with Crippen molar-refractivity contribution in [2.24, 2.45) is 0 Å². The number of esters is 1. The zero-order valence-electron chi connectivity index (χ0n) is 14.7. The van der Waals surface area contributed by atoms with E-state index in [0.717, 1.165) is 4.88 Å². The van der Waals surface area contributed by atoms with Gasteiger partial charge in [-0.1, -0.05) is 13.8 Å². The number of anilines is 2. The highest BCUT2D eigenvalue weighted by Crippen LogP contribution is 2.25. The van der Waals surface area contributed by atoms with E-state index >= 15 is 0 Å². The molecule has 0 unspecified atom stereocenters. The van der Waals surface area contributed by atoms with Gasteiger partial charge in [-0.2, -0.15) is 0 Å². The molecule has 0 aliphatic heterocycles. The Morgan fingerprint density at radius 1 is 1.19 bits per heavy atom. The highest BCUT2D eigenvalue weighted by molar-refractivity contribution is 7.15. The summed E-state index contributed by atoms with van der Waals surface area (Å²) in [6.07, 6.45) is 1.46. The number of hydrogen-bond acceptors (Lipinski definition) is 8. The van der Waals surface area contributed by atoms with Gasteiger partial charge in [-0.05, 0) is 12.8 Å². The highest BCUT2D eigenvalue weighted by atomic mass is 32.1. The molecule has 2 N–H and O–H groups in total. The number of rotatable bonds is 8. The van der Waals surface area contributed by atoms with Crippen molar-refractivity contribution < 1.29 is 19.1 Å². The van der Waals surface area contributed by atoms with E-state index in [1.165, 1.54) is 22.7 Å². The van der Waals surface area contributed by atoms with Gasteiger partial charge in [0, 0.05) is 16.5 Å². The first-order valence-electron chi connectivity index (χ1n) is 8.02. The lowest BCUT2D eigenvalue weighted by Gasteiger charge is -2.02. The molecule has 0 bridgehead atoms. The predicted molar refractivity (Wildman–Crippen MR) is 101 cm³/mol. The van der Waals surface area contributed by atoms with Crippen molar-refractivity contribution in [3.05, 3.63) is 22.1 Å². The lowest BCUT2D eigenvalue weighted by atomic mass is 10.2. The third-order valence-corrected chi connectivity index (χ3v) is 5.11. The summed E-state index contributed by atoms with van der Waals surface area (Å²) in [5, 5.41) is 7.82. The van der Waals surface area contributed by atoms with Crippen LogP contribution in [-0.2, 0) is 25.5 Å². The second-order valence-corrected chi connectivity index (χ2v) is 7.54. The summed E-state index contributed by atoms with van der Waals surface area (Å²) in [4.78, 5) is 44.5. The third kappa shape index (κ3) is 6.19. The first-order valence-corrected chi connectivity index (χ1v) is 9.72. The molecule has 0 atom stereocenters. The maximum absolute atomic E-state index is 12.1. The fraction of sp³-hybridized carbons (Fsp3) is 0.438. The lowest BCUT2D eigenvalue weighted by molar-refractivity contribution is -0.145. The van der Waals surface area contributed by atoms with Crippen LogP contribution in [0.25, 0.3) is 0 Å². The molecule has 2 rings (SSSR count). The first-order chi connectivity index (χ1) is 12.4. The number of ether oxygens (including phenoxy) is 1. The smallest absolute Gasteiger partial charge is 0.315 e. The van der Waals surface area contributed by atoms with E-state index in [0.29, 0.717) is 21.9 Å². The van der Waals surface area contributed by atoms with Crippen molar-refractivity contribution in [2.45, 2.75) is 39.5 Å². The fourth-order valence-electron chi connectivity index (χ4n) is 1.89. The van der Waals surface area contributed by atoms with Gasteiger partial charge in [-0.3, -0.25) is 14.4 Å². The molecule has 2 aromatic rings. The summed E-state index contributed by atoms with van der Waals surface area (Å²) in [6.45, 7) is 6.02. The van der Waals surface area contributed by atoms with Gasteiger partial charge < -0.3 is 15.4 Å². The minimum absolute atomic E-state index is 0.0703. The molecule has 0 spiro atoms. The first kappa shape index (κ1) is 20.0. The molecular weight excluding hydrogens is 376 g/mol. The van der Waals surface area contributed by atoms with Gasteiger partial charge in [0.1, 0.15) is 6.42 Å². The summed E-state index contributed by atoms with van der Waals surface area (Å²) in [5.74, 6) is -0.968. The minimum Gasteiger partial charge on any atom is -0.466 e. The Balaban J connectivity index is 1.84. The molecule has 0 saturated heterocycles. The van der Waals surface area contributed by atoms with Crippen molar-refractivity contribution >= 4 is 50.7 Å². The second-order valence-electron chi connectivity index (χ2n) is 5.62. The topological polar surface area (TPSA) is 110 Å². The Kier molecular flexibility index (Phi) is 7.22. The zero-order valence-corrected chi connectivity index (χ0v) is 16.3. The average Bonchev–Trinajstić information content (AvgIpc) is 3.17. The van der Waals surface area contributed by atoms with E-state index in [1.807, 2.05) is 0 Å². The van der Waals surface area contributed by atoms with Crippen LogP contribution in [0.5, 0.6) is 0 Å². The Labute approximate surface area is 159 Å². The predicted octanol–water partition coefficient (Wildman–Crippen LogP) is 2.80. The van der Waals surface area contributed by atoms with E-state index in [4.69, 9.17) is 4.74 Å². The number of carbonyl (C=O) groups is 3. The molecule has 0 aromatic carbocycles. The molecule has 0 fully saturated rings. The number of nitrogens with one attached hydrogen (secondary N) is 2. The Morgan fingerprint density at radius 3 is 2.58 bits per heavy atom. The van der Waals surface area contributed by atoms with Gasteiger partial charge in [0.05, 0.1) is 18.7 Å².